The highest BCUT2D eigenvalue weighted by Gasteiger charge is 2.32. The molecule has 47 heavy (non-hydrogen) atoms. The number of nitrogens with zero attached hydrogens (tertiary/aromatic N) is 2. The molecular weight excluding hydrogens is 633 g/mol. The van der Waals surface area contributed by atoms with Gasteiger partial charge in [-0.2, -0.15) is 0 Å². The number of nitrogens with one attached hydrogen (secondary N) is 3. The van der Waals surface area contributed by atoms with E-state index in [2.05, 4.69) is 26.9 Å². The van der Waals surface area contributed by atoms with Crippen LogP contribution in [0, 0.1) is 0 Å². The smallest absolute Gasteiger partial charge is 0.253 e. The Bertz CT molecular complexity index is 1720. The molecule has 3 N–H and O–H groups in total. The van der Waals surface area contributed by atoms with E-state index in [-0.39, 0.29) is 17.7 Å². The summed E-state index contributed by atoms with van der Waals surface area (Å²) in [5.74, 6) is -0.485. The molecule has 2 heterocycles. The minimum atomic E-state index is -0.736. The first-order valence-electron chi connectivity index (χ1n) is 15.8. The molecule has 2 aliphatic heterocycles. The number of carbonyl (C=O) groups excluding carboxylic acids is 3. The van der Waals surface area contributed by atoms with E-state index in [0.717, 1.165) is 22.4 Å². The Balaban J connectivity index is 1.11. The summed E-state index contributed by atoms with van der Waals surface area (Å²) in [5.41, 5.74) is 5.59. The van der Waals surface area contributed by atoms with E-state index in [4.69, 9.17) is 23.2 Å². The molecule has 3 amide bonds. The van der Waals surface area contributed by atoms with Crippen LogP contribution in [0.2, 0.25) is 10.0 Å². The lowest BCUT2D eigenvalue weighted by Gasteiger charge is -2.38. The van der Waals surface area contributed by atoms with Crippen LogP contribution in [0.25, 0.3) is 0 Å². The Morgan fingerprint density at radius 2 is 1.38 bits per heavy atom. The molecule has 0 radical (unpaired) electrons. The number of carbonyl (C=O) groups is 3. The molecule has 1 fully saturated rings. The largest absolute Gasteiger partial charge is 0.367 e. The van der Waals surface area contributed by atoms with Gasteiger partial charge in [0, 0.05) is 61.4 Å². The fourth-order valence-corrected chi connectivity index (χ4v) is 6.43. The number of fused-ring (bicyclic) bond motifs is 1. The molecule has 0 spiro atoms. The van der Waals surface area contributed by atoms with Crippen LogP contribution in [0.5, 0.6) is 0 Å². The van der Waals surface area contributed by atoms with Gasteiger partial charge in [0.25, 0.3) is 5.91 Å². The van der Waals surface area contributed by atoms with Crippen molar-refractivity contribution >= 4 is 46.6 Å². The van der Waals surface area contributed by atoms with Crippen LogP contribution in [0.3, 0.4) is 0 Å². The number of rotatable bonds is 9. The summed E-state index contributed by atoms with van der Waals surface area (Å²) in [6.45, 7) is 3.01. The Morgan fingerprint density at radius 1 is 0.766 bits per heavy atom. The Kier molecular flexibility index (Phi) is 10.4. The number of hydrogen-bond acceptors (Lipinski definition) is 5. The van der Waals surface area contributed by atoms with Crippen molar-refractivity contribution in [2.24, 2.45) is 0 Å². The number of anilines is 1. The third-order valence-electron chi connectivity index (χ3n) is 8.81. The summed E-state index contributed by atoms with van der Waals surface area (Å²) >= 11 is 12.1. The Morgan fingerprint density at radius 3 is 2.09 bits per heavy atom. The summed E-state index contributed by atoms with van der Waals surface area (Å²) in [4.78, 5) is 44.7. The van der Waals surface area contributed by atoms with Crippen molar-refractivity contribution in [3.05, 3.63) is 135 Å². The van der Waals surface area contributed by atoms with E-state index < -0.39 is 12.1 Å². The van der Waals surface area contributed by atoms with Crippen molar-refractivity contribution in [1.82, 2.24) is 20.9 Å². The van der Waals surface area contributed by atoms with Crippen molar-refractivity contribution in [3.8, 4) is 0 Å². The van der Waals surface area contributed by atoms with Crippen molar-refractivity contribution in [2.75, 3.05) is 31.1 Å². The van der Waals surface area contributed by atoms with Crippen molar-refractivity contribution in [3.63, 3.8) is 0 Å². The molecule has 8 nitrogen and oxygen atoms in total. The number of piperazine rings is 1. The Hall–Kier alpha value is -4.37. The lowest BCUT2D eigenvalue weighted by atomic mass is 9.95. The fourth-order valence-electron chi connectivity index (χ4n) is 6.18. The third-order valence-corrected chi connectivity index (χ3v) is 9.32. The highest BCUT2D eigenvalue weighted by atomic mass is 35.5. The van der Waals surface area contributed by atoms with Crippen molar-refractivity contribution in [1.29, 1.82) is 0 Å². The maximum Gasteiger partial charge on any atom is 0.253 e. The molecule has 4 aromatic rings. The summed E-state index contributed by atoms with van der Waals surface area (Å²) in [5, 5.41) is 10.7. The average molecular weight is 671 g/mol. The maximum absolute atomic E-state index is 14.0. The summed E-state index contributed by atoms with van der Waals surface area (Å²) in [7, 11) is 0. The molecule has 10 heteroatoms. The SMILES string of the molecule is O=C(NCc1ccc(Cl)cc1)c1ccccc1N1CCN(C(=O)[C@@H](Cc2ccc(Cl)cc2)NC(=O)[C@@H]2Cc3ccccc3CN2)CC1. The molecule has 1 saturated heterocycles. The molecule has 0 bridgehead atoms. The second kappa shape index (κ2) is 15.0. The quantitative estimate of drug-likeness (QED) is 0.233. The highest BCUT2D eigenvalue weighted by molar-refractivity contribution is 6.30. The van der Waals surface area contributed by atoms with Gasteiger partial charge in [-0.3, -0.25) is 14.4 Å². The minimum Gasteiger partial charge on any atom is -0.367 e. The number of benzene rings is 4. The van der Waals surface area contributed by atoms with Crippen LogP contribution in [-0.4, -0.2) is 60.9 Å². The topological polar surface area (TPSA) is 93.8 Å². The highest BCUT2D eigenvalue weighted by Crippen LogP contribution is 2.23. The van der Waals surface area contributed by atoms with Gasteiger partial charge in [-0.25, -0.2) is 0 Å². The van der Waals surface area contributed by atoms with Crippen LogP contribution in [-0.2, 0) is 35.5 Å². The van der Waals surface area contributed by atoms with Crippen LogP contribution in [0.4, 0.5) is 5.69 Å². The van der Waals surface area contributed by atoms with Gasteiger partial charge < -0.3 is 25.8 Å². The molecule has 2 atom stereocenters. The van der Waals surface area contributed by atoms with Crippen molar-refractivity contribution < 1.29 is 14.4 Å². The molecule has 242 valence electrons. The lowest BCUT2D eigenvalue weighted by Crippen LogP contribution is -2.58. The zero-order chi connectivity index (χ0) is 32.8. The molecule has 6 rings (SSSR count). The molecule has 2 aliphatic rings. The molecule has 0 aromatic heterocycles. The van der Waals surface area contributed by atoms with Gasteiger partial charge in [-0.15, -0.1) is 0 Å². The van der Waals surface area contributed by atoms with E-state index in [0.29, 0.717) is 67.7 Å². The zero-order valence-electron chi connectivity index (χ0n) is 25.9. The molecule has 0 saturated carbocycles. The summed E-state index contributed by atoms with van der Waals surface area (Å²) in [6, 6.07) is 29.2. The summed E-state index contributed by atoms with van der Waals surface area (Å²) in [6.07, 6.45) is 0.914. The first-order chi connectivity index (χ1) is 22.8. The fraction of sp³-hybridized carbons (Fsp3) is 0.270. The Labute approximate surface area is 285 Å². The molecule has 0 unspecified atom stereocenters. The number of para-hydroxylation sites is 1. The maximum atomic E-state index is 14.0. The minimum absolute atomic E-state index is 0.127. The van der Waals surface area contributed by atoms with Crippen LogP contribution in [0.15, 0.2) is 97.1 Å². The van der Waals surface area contributed by atoms with Gasteiger partial charge in [-0.05, 0) is 65.1 Å². The predicted molar refractivity (Wildman–Crippen MR) is 186 cm³/mol. The number of amides is 3. The van der Waals surface area contributed by atoms with Crippen LogP contribution >= 0.6 is 23.2 Å². The van der Waals surface area contributed by atoms with Gasteiger partial charge in [-0.1, -0.05) is 83.9 Å². The number of hydrogen-bond donors (Lipinski definition) is 3. The van der Waals surface area contributed by atoms with E-state index >= 15 is 0 Å². The van der Waals surface area contributed by atoms with E-state index in [1.54, 1.807) is 24.3 Å². The number of halogens is 2. The van der Waals surface area contributed by atoms with Gasteiger partial charge in [0.15, 0.2) is 0 Å². The second-order valence-corrected chi connectivity index (χ2v) is 12.8. The van der Waals surface area contributed by atoms with Crippen molar-refractivity contribution in [2.45, 2.75) is 38.0 Å². The monoisotopic (exact) mass is 669 g/mol. The van der Waals surface area contributed by atoms with E-state index in [1.807, 2.05) is 71.6 Å². The van der Waals surface area contributed by atoms with Gasteiger partial charge >= 0.3 is 0 Å². The van der Waals surface area contributed by atoms with Gasteiger partial charge in [0.2, 0.25) is 11.8 Å². The summed E-state index contributed by atoms with van der Waals surface area (Å²) < 4.78 is 0. The van der Waals surface area contributed by atoms with Crippen LogP contribution in [0.1, 0.15) is 32.6 Å². The first-order valence-corrected chi connectivity index (χ1v) is 16.6. The van der Waals surface area contributed by atoms with Gasteiger partial charge in [0.1, 0.15) is 6.04 Å². The normalized spacial score (nSPS) is 16.6. The van der Waals surface area contributed by atoms with E-state index in [9.17, 15) is 14.4 Å². The first kappa shape index (κ1) is 32.6. The van der Waals surface area contributed by atoms with Gasteiger partial charge in [0.05, 0.1) is 11.6 Å². The predicted octanol–water partition coefficient (Wildman–Crippen LogP) is 5.01. The third kappa shape index (κ3) is 8.14. The van der Waals surface area contributed by atoms with Crippen LogP contribution < -0.4 is 20.9 Å². The molecular formula is C37H37Cl2N5O3. The average Bonchev–Trinajstić information content (AvgIpc) is 3.11. The second-order valence-electron chi connectivity index (χ2n) is 11.9. The molecule has 4 aromatic carbocycles. The lowest BCUT2D eigenvalue weighted by molar-refractivity contribution is -0.137. The standard InChI is InChI=1S/C37H37Cl2N5O3/c38-29-13-9-25(10-14-29)21-33(42-36(46)32-22-27-5-1-2-6-28(27)24-40-32)37(47)44-19-17-43(18-20-44)34-8-4-3-7-31(34)35(45)41-23-26-11-15-30(39)16-12-26/h1-16,32-33,40H,17-24H2,(H,41,45)(H,42,46)/t32-,33+/m0/s1. The molecule has 0 aliphatic carbocycles. The van der Waals surface area contributed by atoms with E-state index in [1.165, 1.54) is 5.56 Å². The zero-order valence-corrected chi connectivity index (χ0v) is 27.4.